The fourth-order valence-electron chi connectivity index (χ4n) is 1.96. The lowest BCUT2D eigenvalue weighted by Crippen LogP contribution is -2.22. The number of benzene rings is 1. The number of nitrogens with one attached hydrogen (secondary N) is 1. The van der Waals surface area contributed by atoms with E-state index >= 15 is 0 Å². The Morgan fingerprint density at radius 2 is 2.00 bits per heavy atom. The molecule has 4 heteroatoms. The zero-order chi connectivity index (χ0) is 10.1. The quantitative estimate of drug-likeness (QED) is 0.827. The molecule has 0 radical (unpaired) electrons. The van der Waals surface area contributed by atoms with E-state index < -0.39 is 0 Å². The molecule has 0 atom stereocenters. The van der Waals surface area contributed by atoms with Crippen LogP contribution < -0.4 is 5.32 Å². The van der Waals surface area contributed by atoms with Gasteiger partial charge in [0.2, 0.25) is 0 Å². The van der Waals surface area contributed by atoms with Crippen molar-refractivity contribution in [1.82, 2.24) is 10.5 Å². The molecule has 3 nitrogen and oxygen atoms in total. The van der Waals surface area contributed by atoms with Gasteiger partial charge in [0, 0.05) is 30.6 Å². The summed E-state index contributed by atoms with van der Waals surface area (Å²) in [7, 11) is 0. The minimum absolute atomic E-state index is 0. The van der Waals surface area contributed by atoms with Crippen molar-refractivity contribution in [3.05, 3.63) is 41.7 Å². The van der Waals surface area contributed by atoms with Gasteiger partial charge in [-0.15, -0.1) is 12.4 Å². The van der Waals surface area contributed by atoms with Crippen LogP contribution in [0.25, 0.3) is 11.3 Å². The Balaban J connectivity index is 0.000000963. The van der Waals surface area contributed by atoms with Crippen LogP contribution in [0, 0.1) is 0 Å². The van der Waals surface area contributed by atoms with Gasteiger partial charge >= 0.3 is 0 Å². The molecule has 2 aromatic rings. The molecule has 0 saturated heterocycles. The second-order valence-electron chi connectivity index (χ2n) is 3.73. The maximum atomic E-state index is 5.35. The van der Waals surface area contributed by atoms with Crippen molar-refractivity contribution in [2.24, 2.45) is 0 Å². The van der Waals surface area contributed by atoms with Crippen molar-refractivity contribution in [3.63, 3.8) is 0 Å². The first-order valence-corrected chi connectivity index (χ1v) is 5.19. The highest BCUT2D eigenvalue weighted by atomic mass is 35.5. The molecular formula is C12H13ClN2O. The van der Waals surface area contributed by atoms with Crippen molar-refractivity contribution < 1.29 is 4.52 Å². The summed E-state index contributed by atoms with van der Waals surface area (Å²) >= 11 is 0. The summed E-state index contributed by atoms with van der Waals surface area (Å²) < 4.78 is 5.35. The normalized spacial score (nSPS) is 14.0. The van der Waals surface area contributed by atoms with Crippen LogP contribution in [-0.4, -0.2) is 11.7 Å². The lowest BCUT2D eigenvalue weighted by molar-refractivity contribution is 0.374. The van der Waals surface area contributed by atoms with Gasteiger partial charge in [0.15, 0.2) is 0 Å². The third-order valence-corrected chi connectivity index (χ3v) is 2.75. The third-order valence-electron chi connectivity index (χ3n) is 2.75. The van der Waals surface area contributed by atoms with Gasteiger partial charge in [-0.1, -0.05) is 35.5 Å². The summed E-state index contributed by atoms with van der Waals surface area (Å²) in [5.41, 5.74) is 3.33. The van der Waals surface area contributed by atoms with E-state index in [9.17, 15) is 0 Å². The number of nitrogens with zero attached hydrogens (tertiary/aromatic N) is 1. The van der Waals surface area contributed by atoms with Crippen molar-refractivity contribution in [2.45, 2.75) is 13.0 Å². The molecule has 2 heterocycles. The lowest BCUT2D eigenvalue weighted by atomic mass is 10.0. The molecule has 0 spiro atoms. The Morgan fingerprint density at radius 3 is 2.81 bits per heavy atom. The average molecular weight is 237 g/mol. The first-order chi connectivity index (χ1) is 7.45. The highest BCUT2D eigenvalue weighted by molar-refractivity contribution is 5.85. The van der Waals surface area contributed by atoms with E-state index in [1.165, 1.54) is 5.56 Å². The molecular weight excluding hydrogens is 224 g/mol. The number of rotatable bonds is 1. The summed E-state index contributed by atoms with van der Waals surface area (Å²) in [4.78, 5) is 0. The first kappa shape index (κ1) is 11.2. The molecule has 1 N–H and O–H groups in total. The summed E-state index contributed by atoms with van der Waals surface area (Å²) in [6, 6.07) is 10.2. The fraction of sp³-hybridized carbons (Fsp3) is 0.250. The molecule has 16 heavy (non-hydrogen) atoms. The Labute approximate surface area is 100 Å². The van der Waals surface area contributed by atoms with Gasteiger partial charge in [-0.2, -0.15) is 0 Å². The van der Waals surface area contributed by atoms with Crippen LogP contribution in [-0.2, 0) is 13.0 Å². The molecule has 0 aliphatic carbocycles. The Morgan fingerprint density at radius 1 is 1.19 bits per heavy atom. The number of hydrogen-bond donors (Lipinski definition) is 1. The van der Waals surface area contributed by atoms with Crippen molar-refractivity contribution in [3.8, 4) is 11.3 Å². The van der Waals surface area contributed by atoms with E-state index in [-0.39, 0.29) is 12.4 Å². The Kier molecular flexibility index (Phi) is 3.27. The van der Waals surface area contributed by atoms with E-state index in [0.717, 1.165) is 36.5 Å². The van der Waals surface area contributed by atoms with E-state index in [0.29, 0.717) is 0 Å². The SMILES string of the molecule is Cl.c1ccc(-c2noc3c2CNCC3)cc1. The summed E-state index contributed by atoms with van der Waals surface area (Å²) in [5.74, 6) is 1.03. The maximum absolute atomic E-state index is 5.35. The van der Waals surface area contributed by atoms with Crippen molar-refractivity contribution in [2.75, 3.05) is 6.54 Å². The number of fused-ring (bicyclic) bond motifs is 1. The zero-order valence-electron chi connectivity index (χ0n) is 8.77. The third kappa shape index (κ3) is 1.84. The van der Waals surface area contributed by atoms with Crippen LogP contribution in [0.4, 0.5) is 0 Å². The smallest absolute Gasteiger partial charge is 0.143 e. The van der Waals surface area contributed by atoms with Crippen LogP contribution >= 0.6 is 12.4 Å². The highest BCUT2D eigenvalue weighted by Gasteiger charge is 2.19. The topological polar surface area (TPSA) is 38.1 Å². The molecule has 3 rings (SSSR count). The molecule has 0 amide bonds. The highest BCUT2D eigenvalue weighted by Crippen LogP contribution is 2.26. The zero-order valence-corrected chi connectivity index (χ0v) is 9.59. The van der Waals surface area contributed by atoms with Gasteiger partial charge in [-0.05, 0) is 0 Å². The van der Waals surface area contributed by atoms with Crippen LogP contribution in [0.1, 0.15) is 11.3 Å². The molecule has 0 saturated carbocycles. The summed E-state index contributed by atoms with van der Waals surface area (Å²) in [6.07, 6.45) is 0.940. The predicted octanol–water partition coefficient (Wildman–Crippen LogP) is 2.41. The van der Waals surface area contributed by atoms with Gasteiger partial charge < -0.3 is 9.84 Å². The van der Waals surface area contributed by atoms with E-state index in [4.69, 9.17) is 4.52 Å². The molecule has 1 aromatic carbocycles. The van der Waals surface area contributed by atoms with E-state index in [1.54, 1.807) is 0 Å². The molecule has 84 valence electrons. The van der Waals surface area contributed by atoms with Gasteiger partial charge in [-0.3, -0.25) is 0 Å². The molecule has 1 aromatic heterocycles. The predicted molar refractivity (Wildman–Crippen MR) is 64.6 cm³/mol. The second-order valence-corrected chi connectivity index (χ2v) is 3.73. The Hall–Kier alpha value is -1.32. The largest absolute Gasteiger partial charge is 0.360 e. The molecule has 0 bridgehead atoms. The van der Waals surface area contributed by atoms with Crippen molar-refractivity contribution in [1.29, 1.82) is 0 Å². The monoisotopic (exact) mass is 236 g/mol. The average Bonchev–Trinajstić information content (AvgIpc) is 2.74. The van der Waals surface area contributed by atoms with Gasteiger partial charge in [0.25, 0.3) is 0 Å². The molecule has 1 aliphatic rings. The van der Waals surface area contributed by atoms with E-state index in [1.807, 2.05) is 18.2 Å². The van der Waals surface area contributed by atoms with E-state index in [2.05, 4.69) is 22.6 Å². The molecule has 1 aliphatic heterocycles. The number of halogens is 1. The van der Waals surface area contributed by atoms with Crippen LogP contribution in [0.5, 0.6) is 0 Å². The summed E-state index contributed by atoms with van der Waals surface area (Å²) in [6.45, 7) is 1.85. The minimum Gasteiger partial charge on any atom is -0.360 e. The van der Waals surface area contributed by atoms with Crippen LogP contribution in [0.3, 0.4) is 0 Å². The lowest BCUT2D eigenvalue weighted by Gasteiger charge is -2.10. The van der Waals surface area contributed by atoms with Gasteiger partial charge in [0.05, 0.1) is 0 Å². The first-order valence-electron chi connectivity index (χ1n) is 5.19. The van der Waals surface area contributed by atoms with Crippen molar-refractivity contribution >= 4 is 12.4 Å². The van der Waals surface area contributed by atoms with Crippen LogP contribution in [0.2, 0.25) is 0 Å². The van der Waals surface area contributed by atoms with Gasteiger partial charge in [0.1, 0.15) is 11.5 Å². The van der Waals surface area contributed by atoms with Gasteiger partial charge in [-0.25, -0.2) is 0 Å². The minimum atomic E-state index is 0. The Bertz CT molecular complexity index is 467. The van der Waals surface area contributed by atoms with Crippen LogP contribution in [0.15, 0.2) is 34.9 Å². The standard InChI is InChI=1S/C12H12N2O.ClH/c1-2-4-9(5-3-1)12-10-8-13-7-6-11(10)15-14-12;/h1-5,13H,6-8H2;1H. The maximum Gasteiger partial charge on any atom is 0.143 e. The number of hydrogen-bond acceptors (Lipinski definition) is 3. The number of aromatic nitrogens is 1. The molecule has 0 unspecified atom stereocenters. The fourth-order valence-corrected chi connectivity index (χ4v) is 1.96. The summed E-state index contributed by atoms with van der Waals surface area (Å²) in [5, 5.41) is 7.49. The molecule has 0 fully saturated rings. The second kappa shape index (κ2) is 4.68.